The zero-order valence-corrected chi connectivity index (χ0v) is 17.3. The number of nitrogens with zero attached hydrogens (tertiary/aromatic N) is 4. The van der Waals surface area contributed by atoms with Gasteiger partial charge in [-0.2, -0.15) is 18.3 Å². The first-order valence-electron chi connectivity index (χ1n) is 10.0. The highest BCUT2D eigenvalue weighted by Crippen LogP contribution is 2.38. The van der Waals surface area contributed by atoms with Gasteiger partial charge in [0, 0.05) is 37.1 Å². The van der Waals surface area contributed by atoms with Gasteiger partial charge in [-0.25, -0.2) is 13.8 Å². The van der Waals surface area contributed by atoms with Crippen molar-refractivity contribution in [2.24, 2.45) is 0 Å². The zero-order valence-electron chi connectivity index (χ0n) is 17.3. The minimum atomic E-state index is -4.46. The molecule has 3 aromatic rings. The van der Waals surface area contributed by atoms with Gasteiger partial charge >= 0.3 is 6.18 Å². The van der Waals surface area contributed by atoms with Crippen molar-refractivity contribution in [3.05, 3.63) is 54.1 Å². The van der Waals surface area contributed by atoms with Gasteiger partial charge in [0.15, 0.2) is 5.82 Å². The molecular weight excluding hydrogens is 447 g/mol. The average Bonchev–Trinajstić information content (AvgIpc) is 3.42. The van der Waals surface area contributed by atoms with Gasteiger partial charge in [0.2, 0.25) is 0 Å². The molecule has 1 unspecified atom stereocenters. The van der Waals surface area contributed by atoms with Crippen LogP contribution in [0.15, 0.2) is 42.9 Å². The van der Waals surface area contributed by atoms with E-state index in [-0.39, 0.29) is 35.7 Å². The Kier molecular flexibility index (Phi) is 5.76. The number of carbonyl (C=O) groups excluding carboxylic acids is 1. The highest BCUT2D eigenvalue weighted by Gasteiger charge is 2.40. The second-order valence-electron chi connectivity index (χ2n) is 7.74. The van der Waals surface area contributed by atoms with E-state index in [4.69, 9.17) is 0 Å². The SMILES string of the molecule is CC(c1ccc(C(=O)Nc2c(-c3ccn[nH]3)ccnc2N2CCC(F)(F)C2)cn1)C(F)(F)F. The molecule has 4 rings (SSSR count). The molecule has 0 radical (unpaired) electrons. The van der Waals surface area contributed by atoms with Crippen molar-refractivity contribution in [3.8, 4) is 11.3 Å². The van der Waals surface area contributed by atoms with Crippen molar-refractivity contribution in [1.82, 2.24) is 20.2 Å². The third-order valence-electron chi connectivity index (χ3n) is 5.41. The third-order valence-corrected chi connectivity index (χ3v) is 5.41. The molecule has 4 heterocycles. The predicted molar refractivity (Wildman–Crippen MR) is 110 cm³/mol. The molecule has 0 spiro atoms. The van der Waals surface area contributed by atoms with Crippen molar-refractivity contribution in [2.75, 3.05) is 23.3 Å². The molecule has 3 aromatic heterocycles. The van der Waals surface area contributed by atoms with Gasteiger partial charge in [-0.05, 0) is 31.2 Å². The number of alkyl halides is 5. The second kappa shape index (κ2) is 8.41. The van der Waals surface area contributed by atoms with Gasteiger partial charge in [0.05, 0.1) is 35.1 Å². The van der Waals surface area contributed by atoms with Gasteiger partial charge in [-0.3, -0.25) is 14.9 Å². The van der Waals surface area contributed by atoms with E-state index >= 15 is 0 Å². The van der Waals surface area contributed by atoms with Gasteiger partial charge in [-0.1, -0.05) is 0 Å². The van der Waals surface area contributed by atoms with Crippen LogP contribution in [-0.2, 0) is 0 Å². The molecule has 0 saturated carbocycles. The minimum Gasteiger partial charge on any atom is -0.349 e. The Morgan fingerprint density at radius 2 is 1.97 bits per heavy atom. The largest absolute Gasteiger partial charge is 0.396 e. The molecule has 1 aliphatic heterocycles. The Balaban J connectivity index is 1.66. The molecule has 0 aromatic carbocycles. The molecule has 12 heteroatoms. The third kappa shape index (κ3) is 4.78. The molecule has 0 aliphatic carbocycles. The number of rotatable bonds is 5. The van der Waals surface area contributed by atoms with Crippen LogP contribution in [0.25, 0.3) is 11.3 Å². The quantitative estimate of drug-likeness (QED) is 0.536. The molecule has 1 amide bonds. The van der Waals surface area contributed by atoms with Gasteiger partial charge in [0.1, 0.15) is 0 Å². The van der Waals surface area contributed by atoms with Crippen LogP contribution >= 0.6 is 0 Å². The number of aromatic amines is 1. The lowest BCUT2D eigenvalue weighted by Crippen LogP contribution is -2.27. The number of hydrogen-bond acceptors (Lipinski definition) is 5. The second-order valence-corrected chi connectivity index (χ2v) is 7.74. The van der Waals surface area contributed by atoms with Crippen molar-refractivity contribution in [3.63, 3.8) is 0 Å². The van der Waals surface area contributed by atoms with Crippen molar-refractivity contribution in [2.45, 2.75) is 31.4 Å². The fourth-order valence-electron chi connectivity index (χ4n) is 3.51. The van der Waals surface area contributed by atoms with E-state index in [1.807, 2.05) is 0 Å². The molecule has 1 atom stereocenters. The fourth-order valence-corrected chi connectivity index (χ4v) is 3.51. The first-order valence-corrected chi connectivity index (χ1v) is 10.0. The molecule has 174 valence electrons. The summed E-state index contributed by atoms with van der Waals surface area (Å²) < 4.78 is 66.4. The number of hydrogen-bond donors (Lipinski definition) is 2. The number of H-pyrrole nitrogens is 1. The number of aromatic nitrogens is 4. The standard InChI is InChI=1S/C21H19F5N6O/c1-12(21(24,25)26)15-3-2-13(10-28-15)19(33)30-17-14(16-5-8-29-31-16)4-7-27-18(17)32-9-6-20(22,23)11-32/h2-5,7-8,10,12H,6,9,11H2,1H3,(H,29,31)(H,30,33). The van der Waals surface area contributed by atoms with Crippen molar-refractivity contribution >= 4 is 17.4 Å². The lowest BCUT2D eigenvalue weighted by molar-refractivity contribution is -0.147. The number of anilines is 2. The summed E-state index contributed by atoms with van der Waals surface area (Å²) in [6, 6.07) is 5.60. The number of pyridine rings is 2. The van der Waals surface area contributed by atoms with E-state index in [2.05, 4.69) is 25.5 Å². The Labute approximate surface area is 185 Å². The van der Waals surface area contributed by atoms with E-state index in [1.54, 1.807) is 12.1 Å². The van der Waals surface area contributed by atoms with Crippen LogP contribution in [0, 0.1) is 0 Å². The van der Waals surface area contributed by atoms with Crippen LogP contribution in [-0.4, -0.2) is 51.3 Å². The summed E-state index contributed by atoms with van der Waals surface area (Å²) in [6.45, 7) is 0.467. The highest BCUT2D eigenvalue weighted by molar-refractivity contribution is 6.08. The van der Waals surface area contributed by atoms with E-state index in [1.165, 1.54) is 23.4 Å². The van der Waals surface area contributed by atoms with Crippen LogP contribution in [0.3, 0.4) is 0 Å². The normalized spacial score (nSPS) is 16.6. The van der Waals surface area contributed by atoms with Gasteiger partial charge in [0.25, 0.3) is 11.8 Å². The lowest BCUT2D eigenvalue weighted by Gasteiger charge is -2.22. The fraction of sp³-hybridized carbons (Fsp3) is 0.333. The molecule has 1 fully saturated rings. The topological polar surface area (TPSA) is 86.8 Å². The molecule has 1 saturated heterocycles. The smallest absolute Gasteiger partial charge is 0.349 e. The summed E-state index contributed by atoms with van der Waals surface area (Å²) in [4.78, 5) is 22.3. The molecular formula is C21H19F5N6O. The molecule has 7 nitrogen and oxygen atoms in total. The van der Waals surface area contributed by atoms with Crippen molar-refractivity contribution < 1.29 is 26.7 Å². The van der Waals surface area contributed by atoms with Crippen LogP contribution in [0.2, 0.25) is 0 Å². The maximum Gasteiger partial charge on any atom is 0.396 e. The summed E-state index contributed by atoms with van der Waals surface area (Å²) in [6.07, 6.45) is -0.831. The molecule has 0 bridgehead atoms. The first kappa shape index (κ1) is 22.6. The van der Waals surface area contributed by atoms with E-state index in [9.17, 15) is 26.7 Å². The summed E-state index contributed by atoms with van der Waals surface area (Å²) in [5.74, 6) is -5.19. The number of carbonyl (C=O) groups is 1. The van der Waals surface area contributed by atoms with Gasteiger partial charge < -0.3 is 10.2 Å². The van der Waals surface area contributed by atoms with E-state index in [0.717, 1.165) is 19.2 Å². The predicted octanol–water partition coefficient (Wildman–Crippen LogP) is 4.63. The monoisotopic (exact) mass is 466 g/mol. The van der Waals surface area contributed by atoms with Crippen LogP contribution < -0.4 is 10.2 Å². The average molecular weight is 466 g/mol. The summed E-state index contributed by atoms with van der Waals surface area (Å²) in [5, 5.41) is 9.31. The maximum absolute atomic E-state index is 13.8. The van der Waals surface area contributed by atoms with Crippen molar-refractivity contribution in [1.29, 1.82) is 0 Å². The Morgan fingerprint density at radius 3 is 2.55 bits per heavy atom. The van der Waals surface area contributed by atoms with Gasteiger partial charge in [-0.15, -0.1) is 0 Å². The van der Waals surface area contributed by atoms with E-state index in [0.29, 0.717) is 11.3 Å². The molecule has 1 aliphatic rings. The number of nitrogens with one attached hydrogen (secondary N) is 2. The molecule has 2 N–H and O–H groups in total. The zero-order chi connectivity index (χ0) is 23.8. The summed E-state index contributed by atoms with van der Waals surface area (Å²) in [5.41, 5.74) is 0.949. The van der Waals surface area contributed by atoms with E-state index < -0.39 is 30.5 Å². The maximum atomic E-state index is 13.8. The Bertz CT molecular complexity index is 1130. The summed E-state index contributed by atoms with van der Waals surface area (Å²) in [7, 11) is 0. The summed E-state index contributed by atoms with van der Waals surface area (Å²) >= 11 is 0. The van der Waals surface area contributed by atoms with Crippen LogP contribution in [0.4, 0.5) is 33.5 Å². The number of amides is 1. The lowest BCUT2D eigenvalue weighted by atomic mass is 10.1. The molecule has 33 heavy (non-hydrogen) atoms. The minimum absolute atomic E-state index is 0.00485. The van der Waals surface area contributed by atoms with Crippen LogP contribution in [0.1, 0.15) is 35.3 Å². The first-order chi connectivity index (χ1) is 15.5. The number of halogens is 5. The van der Waals surface area contributed by atoms with Crippen LogP contribution in [0.5, 0.6) is 0 Å². The Hall–Kier alpha value is -3.57. The Morgan fingerprint density at radius 1 is 1.18 bits per heavy atom. The highest BCUT2D eigenvalue weighted by atomic mass is 19.4.